The molecule has 0 saturated carbocycles. The third-order valence-corrected chi connectivity index (χ3v) is 2.95. The SMILES string of the molecule is Nc1ccc([N+](=O)[O-])cc1C(=O)OCC(=O)Nc1cc(F)cc(F)c1. The summed E-state index contributed by atoms with van der Waals surface area (Å²) in [5, 5.41) is 12.8. The minimum Gasteiger partial charge on any atom is -0.452 e. The van der Waals surface area contributed by atoms with Gasteiger partial charge < -0.3 is 15.8 Å². The van der Waals surface area contributed by atoms with Gasteiger partial charge in [-0.05, 0) is 18.2 Å². The molecular formula is C15H11F2N3O5. The third-order valence-electron chi connectivity index (χ3n) is 2.95. The molecule has 0 aliphatic rings. The van der Waals surface area contributed by atoms with Crippen molar-refractivity contribution in [3.05, 3.63) is 63.7 Å². The van der Waals surface area contributed by atoms with Crippen molar-refractivity contribution in [2.45, 2.75) is 0 Å². The van der Waals surface area contributed by atoms with Gasteiger partial charge in [0.1, 0.15) is 11.6 Å². The van der Waals surface area contributed by atoms with Gasteiger partial charge in [-0.2, -0.15) is 0 Å². The highest BCUT2D eigenvalue weighted by Gasteiger charge is 2.18. The first-order valence-electron chi connectivity index (χ1n) is 6.73. The first kappa shape index (κ1) is 17.8. The molecule has 0 atom stereocenters. The Kier molecular flexibility index (Phi) is 5.22. The number of hydrogen-bond donors (Lipinski definition) is 2. The second-order valence-corrected chi connectivity index (χ2v) is 4.81. The number of esters is 1. The van der Waals surface area contributed by atoms with Crippen molar-refractivity contribution in [2.24, 2.45) is 0 Å². The third kappa shape index (κ3) is 4.70. The van der Waals surface area contributed by atoms with Gasteiger partial charge in [0.2, 0.25) is 0 Å². The number of carbonyl (C=O) groups is 2. The predicted molar refractivity (Wildman–Crippen MR) is 82.8 cm³/mol. The molecule has 2 rings (SSSR count). The van der Waals surface area contributed by atoms with Crippen molar-refractivity contribution in [2.75, 3.05) is 17.7 Å². The van der Waals surface area contributed by atoms with Crippen LogP contribution in [0, 0.1) is 21.7 Å². The van der Waals surface area contributed by atoms with Crippen LogP contribution < -0.4 is 11.1 Å². The zero-order valence-corrected chi connectivity index (χ0v) is 12.5. The topological polar surface area (TPSA) is 125 Å². The monoisotopic (exact) mass is 351 g/mol. The second-order valence-electron chi connectivity index (χ2n) is 4.81. The predicted octanol–water partition coefficient (Wildman–Crippen LogP) is 2.25. The summed E-state index contributed by atoms with van der Waals surface area (Å²) in [7, 11) is 0. The molecule has 0 spiro atoms. The summed E-state index contributed by atoms with van der Waals surface area (Å²) in [5.74, 6) is -3.70. The quantitative estimate of drug-likeness (QED) is 0.368. The highest BCUT2D eigenvalue weighted by Crippen LogP contribution is 2.20. The van der Waals surface area contributed by atoms with Crippen LogP contribution in [0.5, 0.6) is 0 Å². The van der Waals surface area contributed by atoms with E-state index in [4.69, 9.17) is 10.5 Å². The smallest absolute Gasteiger partial charge is 0.341 e. The van der Waals surface area contributed by atoms with E-state index >= 15 is 0 Å². The Balaban J connectivity index is 2.01. The molecule has 2 aromatic carbocycles. The van der Waals surface area contributed by atoms with Gasteiger partial charge in [0.15, 0.2) is 6.61 Å². The molecule has 0 heterocycles. The van der Waals surface area contributed by atoms with E-state index in [1.54, 1.807) is 0 Å². The summed E-state index contributed by atoms with van der Waals surface area (Å²) in [5.41, 5.74) is 4.67. The maximum absolute atomic E-state index is 13.0. The van der Waals surface area contributed by atoms with Crippen LogP contribution in [-0.4, -0.2) is 23.4 Å². The summed E-state index contributed by atoms with van der Waals surface area (Å²) in [6, 6.07) is 5.56. The van der Waals surface area contributed by atoms with Crippen molar-refractivity contribution >= 4 is 28.9 Å². The Morgan fingerprint density at radius 3 is 2.40 bits per heavy atom. The van der Waals surface area contributed by atoms with Crippen LogP contribution >= 0.6 is 0 Å². The van der Waals surface area contributed by atoms with Crippen LogP contribution in [0.4, 0.5) is 25.8 Å². The van der Waals surface area contributed by atoms with Crippen LogP contribution in [0.1, 0.15) is 10.4 Å². The van der Waals surface area contributed by atoms with Gasteiger partial charge in [0, 0.05) is 29.6 Å². The first-order valence-corrected chi connectivity index (χ1v) is 6.73. The fourth-order valence-corrected chi connectivity index (χ4v) is 1.87. The molecule has 2 aromatic rings. The van der Waals surface area contributed by atoms with Crippen LogP contribution in [0.3, 0.4) is 0 Å². The number of nitrogens with zero attached hydrogens (tertiary/aromatic N) is 1. The van der Waals surface area contributed by atoms with Crippen molar-refractivity contribution in [1.82, 2.24) is 0 Å². The highest BCUT2D eigenvalue weighted by molar-refractivity contribution is 5.98. The number of carbonyl (C=O) groups excluding carboxylic acids is 2. The lowest BCUT2D eigenvalue weighted by Crippen LogP contribution is -2.21. The van der Waals surface area contributed by atoms with Crippen LogP contribution in [0.25, 0.3) is 0 Å². The van der Waals surface area contributed by atoms with E-state index in [2.05, 4.69) is 5.32 Å². The molecular weight excluding hydrogens is 340 g/mol. The number of ether oxygens (including phenoxy) is 1. The minimum atomic E-state index is -1.05. The zero-order valence-electron chi connectivity index (χ0n) is 12.5. The van der Waals surface area contributed by atoms with Gasteiger partial charge in [-0.1, -0.05) is 0 Å². The van der Waals surface area contributed by atoms with E-state index in [1.165, 1.54) is 0 Å². The minimum absolute atomic E-state index is 0.0665. The van der Waals surface area contributed by atoms with Crippen LogP contribution in [0.2, 0.25) is 0 Å². The fraction of sp³-hybridized carbons (Fsp3) is 0.0667. The van der Waals surface area contributed by atoms with E-state index < -0.39 is 35.0 Å². The number of nitro benzene ring substituents is 1. The summed E-state index contributed by atoms with van der Waals surface area (Å²) in [4.78, 5) is 33.5. The lowest BCUT2D eigenvalue weighted by atomic mass is 10.1. The van der Waals surface area contributed by atoms with E-state index in [1.807, 2.05) is 0 Å². The van der Waals surface area contributed by atoms with Gasteiger partial charge in [0.05, 0.1) is 10.5 Å². The Morgan fingerprint density at radius 2 is 1.80 bits per heavy atom. The Morgan fingerprint density at radius 1 is 1.16 bits per heavy atom. The number of halogens is 2. The molecule has 0 aliphatic carbocycles. The first-order chi connectivity index (χ1) is 11.8. The second kappa shape index (κ2) is 7.34. The van der Waals surface area contributed by atoms with Crippen LogP contribution in [0.15, 0.2) is 36.4 Å². The summed E-state index contributed by atoms with van der Waals surface area (Å²) < 4.78 is 30.7. The van der Waals surface area contributed by atoms with Gasteiger partial charge in [0.25, 0.3) is 11.6 Å². The van der Waals surface area contributed by atoms with Gasteiger partial charge in [-0.15, -0.1) is 0 Å². The maximum atomic E-state index is 13.0. The standard InChI is InChI=1S/C15H11F2N3O5/c16-8-3-9(17)5-10(4-8)19-14(21)7-25-15(22)12-6-11(20(23)24)1-2-13(12)18/h1-6H,7,18H2,(H,19,21). The molecule has 0 fully saturated rings. The van der Waals surface area contributed by atoms with Gasteiger partial charge in [-0.3, -0.25) is 14.9 Å². The van der Waals surface area contributed by atoms with Gasteiger partial charge >= 0.3 is 5.97 Å². The lowest BCUT2D eigenvalue weighted by Gasteiger charge is -2.08. The molecule has 0 bridgehead atoms. The molecule has 8 nitrogen and oxygen atoms in total. The summed E-state index contributed by atoms with van der Waals surface area (Å²) in [6.45, 7) is -0.779. The van der Waals surface area contributed by atoms with Crippen molar-refractivity contribution in [3.8, 4) is 0 Å². The number of rotatable bonds is 5. The number of anilines is 2. The normalized spacial score (nSPS) is 10.2. The Labute approximate surface area is 139 Å². The van der Waals surface area contributed by atoms with Gasteiger partial charge in [-0.25, -0.2) is 13.6 Å². The molecule has 25 heavy (non-hydrogen) atoms. The number of non-ortho nitro benzene ring substituents is 1. The van der Waals surface area contributed by atoms with Crippen LogP contribution in [-0.2, 0) is 9.53 Å². The lowest BCUT2D eigenvalue weighted by molar-refractivity contribution is -0.384. The Hall–Kier alpha value is -3.56. The number of benzene rings is 2. The number of nitrogen functional groups attached to an aromatic ring is 1. The number of amides is 1. The summed E-state index contributed by atoms with van der Waals surface area (Å²) in [6.07, 6.45) is 0. The molecule has 10 heteroatoms. The number of nitro groups is 1. The van der Waals surface area contributed by atoms with Crippen molar-refractivity contribution in [1.29, 1.82) is 0 Å². The zero-order chi connectivity index (χ0) is 18.6. The Bertz CT molecular complexity index is 837. The molecule has 130 valence electrons. The number of nitrogens with one attached hydrogen (secondary N) is 1. The average Bonchev–Trinajstić information content (AvgIpc) is 2.51. The molecule has 0 aliphatic heterocycles. The fourth-order valence-electron chi connectivity index (χ4n) is 1.87. The molecule has 1 amide bonds. The van der Waals surface area contributed by atoms with E-state index in [0.717, 1.165) is 30.3 Å². The molecule has 0 aromatic heterocycles. The van der Waals surface area contributed by atoms with E-state index in [-0.39, 0.29) is 22.6 Å². The number of nitrogens with two attached hydrogens (primary N) is 1. The van der Waals surface area contributed by atoms with E-state index in [0.29, 0.717) is 6.07 Å². The molecule has 0 unspecified atom stereocenters. The molecule has 0 saturated heterocycles. The summed E-state index contributed by atoms with van der Waals surface area (Å²) >= 11 is 0. The largest absolute Gasteiger partial charge is 0.452 e. The van der Waals surface area contributed by atoms with E-state index in [9.17, 15) is 28.5 Å². The number of hydrogen-bond acceptors (Lipinski definition) is 6. The molecule has 3 N–H and O–H groups in total. The maximum Gasteiger partial charge on any atom is 0.341 e. The molecule has 0 radical (unpaired) electrons. The average molecular weight is 351 g/mol. The van der Waals surface area contributed by atoms with Crippen molar-refractivity contribution < 1.29 is 28.0 Å². The highest BCUT2D eigenvalue weighted by atomic mass is 19.1. The van der Waals surface area contributed by atoms with Crippen molar-refractivity contribution in [3.63, 3.8) is 0 Å².